The summed E-state index contributed by atoms with van der Waals surface area (Å²) >= 11 is 1.57. The first kappa shape index (κ1) is 21.0. The van der Waals surface area contributed by atoms with Gasteiger partial charge in [-0.05, 0) is 51.1 Å². The Labute approximate surface area is 196 Å². The van der Waals surface area contributed by atoms with E-state index in [1.54, 1.807) is 16.0 Å². The van der Waals surface area contributed by atoms with E-state index >= 15 is 0 Å². The highest BCUT2D eigenvalue weighted by Gasteiger charge is 2.23. The van der Waals surface area contributed by atoms with E-state index in [4.69, 9.17) is 10.7 Å². The number of aryl methyl sites for hydroxylation is 1. The lowest BCUT2D eigenvalue weighted by Gasteiger charge is -2.08. The summed E-state index contributed by atoms with van der Waals surface area (Å²) in [6.07, 6.45) is 0. The van der Waals surface area contributed by atoms with Crippen molar-refractivity contribution >= 4 is 17.0 Å². The van der Waals surface area contributed by atoms with Crippen LogP contribution >= 0.6 is 11.3 Å². The van der Waals surface area contributed by atoms with Gasteiger partial charge in [-0.15, -0.1) is 11.3 Å². The minimum Gasteiger partial charge on any atom is -0.398 e. The Balaban J connectivity index is 1.64. The molecule has 0 radical (unpaired) electrons. The zero-order valence-corrected chi connectivity index (χ0v) is 19.9. The number of anilines is 1. The van der Waals surface area contributed by atoms with E-state index in [2.05, 4.69) is 6.07 Å². The maximum absolute atomic E-state index is 13.6. The summed E-state index contributed by atoms with van der Waals surface area (Å²) in [5.74, 6) is 0. The predicted molar refractivity (Wildman–Crippen MR) is 136 cm³/mol. The largest absolute Gasteiger partial charge is 0.398 e. The lowest BCUT2D eigenvalue weighted by atomic mass is 10.2. The van der Waals surface area contributed by atoms with Crippen LogP contribution in [-0.4, -0.2) is 18.9 Å². The van der Waals surface area contributed by atoms with Gasteiger partial charge in [0.2, 0.25) is 0 Å². The van der Waals surface area contributed by atoms with Gasteiger partial charge in [0.15, 0.2) is 0 Å². The highest BCUT2D eigenvalue weighted by Crippen LogP contribution is 2.35. The average Bonchev–Trinajstić information content (AvgIpc) is 3.46. The average molecular weight is 456 g/mol. The van der Waals surface area contributed by atoms with Crippen molar-refractivity contribution in [3.05, 3.63) is 93.5 Å². The van der Waals surface area contributed by atoms with Gasteiger partial charge in [-0.1, -0.05) is 30.3 Å². The van der Waals surface area contributed by atoms with Crippen LogP contribution in [0.5, 0.6) is 0 Å². The maximum atomic E-state index is 13.6. The molecule has 0 amide bonds. The van der Waals surface area contributed by atoms with Gasteiger partial charge >= 0.3 is 0 Å². The Morgan fingerprint density at radius 1 is 0.909 bits per heavy atom. The number of hydrogen-bond donors (Lipinski definition) is 1. The lowest BCUT2D eigenvalue weighted by Crippen LogP contribution is -2.21. The van der Waals surface area contributed by atoms with Gasteiger partial charge in [0.05, 0.1) is 17.1 Å². The van der Waals surface area contributed by atoms with E-state index < -0.39 is 0 Å². The van der Waals surface area contributed by atoms with E-state index in [9.17, 15) is 4.79 Å². The second-order valence-electron chi connectivity index (χ2n) is 8.16. The summed E-state index contributed by atoms with van der Waals surface area (Å²) in [4.78, 5) is 18.5. The Hall–Kier alpha value is -3.84. The standard InChI is InChI=1S/C26H25N5OS/c1-16-14-21(23-15-33-25(28-23)20-12-8-9-13-22(20)27)17(2)30(16)24-18(3)29(4)31(26(24)32)19-10-6-5-7-11-19/h5-15H,27H2,1-4H3. The zero-order valence-electron chi connectivity index (χ0n) is 19.0. The van der Waals surface area contributed by atoms with E-state index in [0.29, 0.717) is 11.4 Å². The summed E-state index contributed by atoms with van der Waals surface area (Å²) in [6.45, 7) is 6.04. The van der Waals surface area contributed by atoms with Crippen LogP contribution in [0.4, 0.5) is 5.69 Å². The third-order valence-corrected chi connectivity index (χ3v) is 7.03. The molecule has 5 rings (SSSR count). The molecule has 0 fully saturated rings. The molecular weight excluding hydrogens is 430 g/mol. The molecule has 0 saturated heterocycles. The summed E-state index contributed by atoms with van der Waals surface area (Å²) in [7, 11) is 1.92. The quantitative estimate of drug-likeness (QED) is 0.376. The normalized spacial score (nSPS) is 11.3. The number of hydrogen-bond acceptors (Lipinski definition) is 4. The van der Waals surface area contributed by atoms with Crippen LogP contribution in [0.1, 0.15) is 17.1 Å². The van der Waals surface area contributed by atoms with Crippen LogP contribution in [0.3, 0.4) is 0 Å². The Morgan fingerprint density at radius 3 is 2.33 bits per heavy atom. The van der Waals surface area contributed by atoms with E-state index in [1.165, 1.54) is 0 Å². The number of benzene rings is 2. The molecule has 0 bridgehead atoms. The van der Waals surface area contributed by atoms with Gasteiger partial charge in [-0.25, -0.2) is 9.67 Å². The van der Waals surface area contributed by atoms with Crippen molar-refractivity contribution in [2.75, 3.05) is 5.73 Å². The molecule has 2 aromatic carbocycles. The molecule has 6 nitrogen and oxygen atoms in total. The monoisotopic (exact) mass is 455 g/mol. The minimum atomic E-state index is -0.0504. The van der Waals surface area contributed by atoms with Crippen LogP contribution in [0.25, 0.3) is 33.2 Å². The molecule has 0 aliphatic carbocycles. The number of nitrogens with two attached hydrogens (primary N) is 1. The number of thiazole rings is 1. The molecule has 5 aromatic rings. The maximum Gasteiger partial charge on any atom is 0.295 e. The molecule has 7 heteroatoms. The van der Waals surface area contributed by atoms with E-state index in [1.807, 2.05) is 97.0 Å². The molecule has 2 N–H and O–H groups in total. The van der Waals surface area contributed by atoms with Crippen LogP contribution in [0.15, 0.2) is 70.8 Å². The summed E-state index contributed by atoms with van der Waals surface area (Å²) in [5.41, 5.74) is 14.0. The van der Waals surface area contributed by atoms with Gasteiger partial charge in [-0.3, -0.25) is 9.48 Å². The Morgan fingerprint density at radius 2 is 1.61 bits per heavy atom. The molecule has 0 atom stereocenters. The molecule has 0 spiro atoms. The van der Waals surface area contributed by atoms with Gasteiger partial charge in [0.1, 0.15) is 10.7 Å². The van der Waals surface area contributed by atoms with Crippen molar-refractivity contribution in [1.29, 1.82) is 0 Å². The van der Waals surface area contributed by atoms with Gasteiger partial charge in [-0.2, -0.15) is 0 Å². The third kappa shape index (κ3) is 3.32. The molecular formula is C26H25N5OS. The second-order valence-corrected chi connectivity index (χ2v) is 9.01. The Kier molecular flexibility index (Phi) is 5.06. The predicted octanol–water partition coefficient (Wildman–Crippen LogP) is 5.26. The van der Waals surface area contributed by atoms with Crippen molar-refractivity contribution in [3.8, 4) is 33.2 Å². The fraction of sp³-hybridized carbons (Fsp3) is 0.154. The van der Waals surface area contributed by atoms with Crippen LogP contribution < -0.4 is 11.3 Å². The second kappa shape index (κ2) is 7.94. The molecule has 166 valence electrons. The van der Waals surface area contributed by atoms with Crippen molar-refractivity contribution in [2.45, 2.75) is 20.8 Å². The van der Waals surface area contributed by atoms with Crippen LogP contribution in [-0.2, 0) is 7.05 Å². The fourth-order valence-corrected chi connectivity index (χ4v) is 5.26. The number of nitrogen functional groups attached to an aromatic ring is 1. The van der Waals surface area contributed by atoms with Crippen molar-refractivity contribution < 1.29 is 0 Å². The first-order valence-corrected chi connectivity index (χ1v) is 11.6. The van der Waals surface area contributed by atoms with Crippen LogP contribution in [0, 0.1) is 20.8 Å². The molecule has 3 aromatic heterocycles. The number of aromatic nitrogens is 4. The zero-order chi connectivity index (χ0) is 23.3. The van der Waals surface area contributed by atoms with Gasteiger partial charge in [0.25, 0.3) is 5.56 Å². The smallest absolute Gasteiger partial charge is 0.295 e. The summed E-state index contributed by atoms with van der Waals surface area (Å²) in [5, 5.41) is 2.93. The first-order valence-electron chi connectivity index (χ1n) is 10.7. The first-order chi connectivity index (χ1) is 15.9. The fourth-order valence-electron chi connectivity index (χ4n) is 4.39. The van der Waals surface area contributed by atoms with Crippen LogP contribution in [0.2, 0.25) is 0 Å². The summed E-state index contributed by atoms with van der Waals surface area (Å²) in [6, 6.07) is 19.6. The highest BCUT2D eigenvalue weighted by atomic mass is 32.1. The summed E-state index contributed by atoms with van der Waals surface area (Å²) < 4.78 is 5.66. The molecule has 0 unspecified atom stereocenters. The third-order valence-electron chi connectivity index (χ3n) is 6.15. The van der Waals surface area contributed by atoms with Crippen molar-refractivity contribution in [3.63, 3.8) is 0 Å². The number of para-hydroxylation sites is 2. The molecule has 0 saturated carbocycles. The number of nitrogens with zero attached hydrogens (tertiary/aromatic N) is 4. The molecule has 3 heterocycles. The number of rotatable bonds is 4. The molecule has 0 aliphatic heterocycles. The minimum absolute atomic E-state index is 0.0504. The van der Waals surface area contributed by atoms with Crippen molar-refractivity contribution in [2.24, 2.45) is 7.05 Å². The lowest BCUT2D eigenvalue weighted by molar-refractivity contribution is 0.630. The Bertz CT molecular complexity index is 1530. The van der Waals surface area contributed by atoms with E-state index in [-0.39, 0.29) is 5.56 Å². The van der Waals surface area contributed by atoms with Crippen molar-refractivity contribution in [1.82, 2.24) is 18.9 Å². The van der Waals surface area contributed by atoms with Gasteiger partial charge in [0, 0.05) is 40.6 Å². The topological polar surface area (TPSA) is 70.8 Å². The molecule has 33 heavy (non-hydrogen) atoms. The highest BCUT2D eigenvalue weighted by molar-refractivity contribution is 7.13. The van der Waals surface area contributed by atoms with Gasteiger partial charge < -0.3 is 10.3 Å². The van der Waals surface area contributed by atoms with E-state index in [0.717, 1.165) is 44.6 Å². The SMILES string of the molecule is Cc1cc(-c2csc(-c3ccccc3N)n2)c(C)n1-c1c(C)n(C)n(-c2ccccc2)c1=O. The molecule has 0 aliphatic rings.